The molecule has 0 aliphatic carbocycles. The average molecular weight is 292 g/mol. The highest BCUT2D eigenvalue weighted by Gasteiger charge is 2.22. The van der Waals surface area contributed by atoms with E-state index in [9.17, 15) is 18.6 Å². The monoisotopic (exact) mass is 292 g/mol. The lowest BCUT2D eigenvalue weighted by molar-refractivity contribution is -0.140. The molecule has 0 heterocycles. The molecule has 0 aliphatic heterocycles. The SMILES string of the molecule is CCCCNC(=O)CS(=O)C[C@H](NC(C)=O)C(=O)O. The number of carboxylic acid groups (broad SMARTS) is 1. The summed E-state index contributed by atoms with van der Waals surface area (Å²) >= 11 is 0. The van der Waals surface area contributed by atoms with Gasteiger partial charge in [0, 0.05) is 24.3 Å². The highest BCUT2D eigenvalue weighted by Crippen LogP contribution is 1.92. The molecule has 1 unspecified atom stereocenters. The number of hydrogen-bond acceptors (Lipinski definition) is 4. The lowest BCUT2D eigenvalue weighted by Crippen LogP contribution is -2.44. The molecule has 0 aromatic heterocycles. The second-order valence-electron chi connectivity index (χ2n) is 4.05. The van der Waals surface area contributed by atoms with Crippen molar-refractivity contribution in [2.75, 3.05) is 18.1 Å². The predicted molar refractivity (Wildman–Crippen MR) is 71.0 cm³/mol. The Labute approximate surface area is 114 Å². The normalized spacial score (nSPS) is 13.4. The molecular weight excluding hydrogens is 272 g/mol. The van der Waals surface area contributed by atoms with Crippen LogP contribution in [0.1, 0.15) is 26.7 Å². The Balaban J connectivity index is 4.15. The van der Waals surface area contributed by atoms with Gasteiger partial charge < -0.3 is 15.7 Å². The van der Waals surface area contributed by atoms with Crippen LogP contribution in [0.15, 0.2) is 0 Å². The molecule has 0 rings (SSSR count). The van der Waals surface area contributed by atoms with Gasteiger partial charge in [-0.15, -0.1) is 0 Å². The van der Waals surface area contributed by atoms with E-state index in [0.29, 0.717) is 6.54 Å². The van der Waals surface area contributed by atoms with Crippen molar-refractivity contribution in [3.63, 3.8) is 0 Å². The minimum absolute atomic E-state index is 0.257. The maximum atomic E-state index is 11.6. The van der Waals surface area contributed by atoms with Gasteiger partial charge in [-0.05, 0) is 6.42 Å². The van der Waals surface area contributed by atoms with Crippen LogP contribution in [0.25, 0.3) is 0 Å². The summed E-state index contributed by atoms with van der Waals surface area (Å²) in [5, 5.41) is 13.6. The summed E-state index contributed by atoms with van der Waals surface area (Å²) < 4.78 is 11.6. The van der Waals surface area contributed by atoms with Gasteiger partial charge in [0.05, 0.1) is 5.75 Å². The Bertz CT molecular complexity index is 359. The Morgan fingerprint density at radius 3 is 2.42 bits per heavy atom. The Hall–Kier alpha value is -1.44. The van der Waals surface area contributed by atoms with Crippen molar-refractivity contribution in [3.8, 4) is 0 Å². The summed E-state index contributed by atoms with van der Waals surface area (Å²) in [7, 11) is -1.63. The van der Waals surface area contributed by atoms with Gasteiger partial charge in [-0.1, -0.05) is 13.3 Å². The van der Waals surface area contributed by atoms with Crippen LogP contribution in [-0.4, -0.2) is 51.2 Å². The Morgan fingerprint density at radius 2 is 1.95 bits per heavy atom. The van der Waals surface area contributed by atoms with Gasteiger partial charge >= 0.3 is 5.97 Å². The van der Waals surface area contributed by atoms with E-state index < -0.39 is 28.7 Å². The van der Waals surface area contributed by atoms with Gasteiger partial charge in [-0.3, -0.25) is 13.8 Å². The summed E-state index contributed by atoms with van der Waals surface area (Å²) in [5.74, 6) is -2.70. The molecule has 0 saturated heterocycles. The van der Waals surface area contributed by atoms with Crippen molar-refractivity contribution < 1.29 is 23.7 Å². The van der Waals surface area contributed by atoms with Crippen molar-refractivity contribution in [1.29, 1.82) is 0 Å². The first kappa shape index (κ1) is 17.6. The number of carbonyl (C=O) groups excluding carboxylic acids is 2. The number of amides is 2. The first-order chi connectivity index (χ1) is 8.86. The molecule has 0 saturated carbocycles. The van der Waals surface area contributed by atoms with Gasteiger partial charge in [-0.25, -0.2) is 4.79 Å². The standard InChI is InChI=1S/C11H20N2O5S/c1-3-4-5-12-10(15)7-19(18)6-9(11(16)17)13-8(2)14/h9H,3-7H2,1-2H3,(H,12,15)(H,13,14)(H,16,17)/t9-,19?/m0/s1. The third-order valence-corrected chi connectivity index (χ3v) is 3.46. The molecule has 0 aromatic carbocycles. The van der Waals surface area contributed by atoms with E-state index in [1.165, 1.54) is 6.92 Å². The largest absolute Gasteiger partial charge is 0.480 e. The molecule has 7 nitrogen and oxygen atoms in total. The Kier molecular flexibility index (Phi) is 8.77. The van der Waals surface area contributed by atoms with E-state index in [1.807, 2.05) is 6.92 Å². The molecular formula is C11H20N2O5S. The zero-order chi connectivity index (χ0) is 14.8. The van der Waals surface area contributed by atoms with Crippen LogP contribution in [0.5, 0.6) is 0 Å². The summed E-state index contributed by atoms with van der Waals surface area (Å²) in [5.41, 5.74) is 0. The minimum Gasteiger partial charge on any atom is -0.480 e. The van der Waals surface area contributed by atoms with Crippen LogP contribution in [0.2, 0.25) is 0 Å². The number of hydrogen-bond donors (Lipinski definition) is 3. The predicted octanol–water partition coefficient (Wildman–Crippen LogP) is -0.759. The number of aliphatic carboxylic acids is 1. The molecule has 0 radical (unpaired) electrons. The lowest BCUT2D eigenvalue weighted by Gasteiger charge is -2.12. The highest BCUT2D eigenvalue weighted by atomic mass is 32.2. The average Bonchev–Trinajstić information content (AvgIpc) is 2.27. The quantitative estimate of drug-likeness (QED) is 0.484. The Morgan fingerprint density at radius 1 is 1.32 bits per heavy atom. The van der Waals surface area contributed by atoms with E-state index in [0.717, 1.165) is 12.8 Å². The van der Waals surface area contributed by atoms with E-state index in [-0.39, 0.29) is 17.4 Å². The summed E-state index contributed by atoms with van der Waals surface area (Å²) in [6, 6.07) is -1.23. The van der Waals surface area contributed by atoms with Crippen LogP contribution >= 0.6 is 0 Å². The van der Waals surface area contributed by atoms with E-state index >= 15 is 0 Å². The van der Waals surface area contributed by atoms with Crippen molar-refractivity contribution in [2.24, 2.45) is 0 Å². The molecule has 0 aromatic rings. The number of carbonyl (C=O) groups is 3. The van der Waals surface area contributed by atoms with Crippen molar-refractivity contribution in [3.05, 3.63) is 0 Å². The van der Waals surface area contributed by atoms with Crippen LogP contribution in [0.3, 0.4) is 0 Å². The van der Waals surface area contributed by atoms with E-state index in [4.69, 9.17) is 5.11 Å². The fourth-order valence-electron chi connectivity index (χ4n) is 1.27. The topological polar surface area (TPSA) is 113 Å². The van der Waals surface area contributed by atoms with Crippen LogP contribution in [0.4, 0.5) is 0 Å². The van der Waals surface area contributed by atoms with Crippen LogP contribution < -0.4 is 10.6 Å². The van der Waals surface area contributed by atoms with E-state index in [1.54, 1.807) is 0 Å². The number of rotatable bonds is 9. The van der Waals surface area contributed by atoms with Gasteiger partial charge in [-0.2, -0.15) is 0 Å². The molecule has 0 fully saturated rings. The molecule has 8 heteroatoms. The number of unbranched alkanes of at least 4 members (excludes halogenated alkanes) is 1. The zero-order valence-corrected chi connectivity index (χ0v) is 11.9. The van der Waals surface area contributed by atoms with Crippen LogP contribution in [-0.2, 0) is 25.2 Å². The molecule has 110 valence electrons. The third-order valence-electron chi connectivity index (χ3n) is 2.17. The van der Waals surface area contributed by atoms with Gasteiger partial charge in [0.1, 0.15) is 11.8 Å². The second-order valence-corrected chi connectivity index (χ2v) is 5.55. The molecule has 0 spiro atoms. The number of nitrogens with one attached hydrogen (secondary N) is 2. The summed E-state index contributed by atoms with van der Waals surface area (Å²) in [4.78, 5) is 33.0. The van der Waals surface area contributed by atoms with E-state index in [2.05, 4.69) is 10.6 Å². The molecule has 2 amide bonds. The summed E-state index contributed by atoms with van der Waals surface area (Å²) in [6.07, 6.45) is 1.77. The van der Waals surface area contributed by atoms with Gasteiger partial charge in [0.2, 0.25) is 11.8 Å². The fourth-order valence-corrected chi connectivity index (χ4v) is 2.38. The maximum absolute atomic E-state index is 11.6. The van der Waals surface area contributed by atoms with Crippen LogP contribution in [0, 0.1) is 0 Å². The summed E-state index contributed by atoms with van der Waals surface area (Å²) in [6.45, 7) is 3.67. The lowest BCUT2D eigenvalue weighted by atomic mass is 10.3. The van der Waals surface area contributed by atoms with Gasteiger partial charge in [0.25, 0.3) is 0 Å². The van der Waals surface area contributed by atoms with Crippen molar-refractivity contribution >= 4 is 28.6 Å². The first-order valence-corrected chi connectivity index (χ1v) is 7.47. The minimum atomic E-state index is -1.63. The maximum Gasteiger partial charge on any atom is 0.327 e. The molecule has 19 heavy (non-hydrogen) atoms. The zero-order valence-electron chi connectivity index (χ0n) is 11.1. The molecule has 3 N–H and O–H groups in total. The first-order valence-electron chi connectivity index (χ1n) is 5.98. The molecule has 0 aliphatic rings. The molecule has 0 bridgehead atoms. The third kappa shape index (κ3) is 9.18. The van der Waals surface area contributed by atoms with Gasteiger partial charge in [0.15, 0.2) is 0 Å². The second kappa shape index (κ2) is 9.48. The van der Waals surface area contributed by atoms with Crippen molar-refractivity contribution in [2.45, 2.75) is 32.7 Å². The van der Waals surface area contributed by atoms with Crippen molar-refractivity contribution in [1.82, 2.24) is 10.6 Å². The smallest absolute Gasteiger partial charge is 0.327 e. The fraction of sp³-hybridized carbons (Fsp3) is 0.727. The number of carboxylic acids is 1. The molecule has 2 atom stereocenters. The highest BCUT2D eigenvalue weighted by molar-refractivity contribution is 7.85.